The summed E-state index contributed by atoms with van der Waals surface area (Å²) < 4.78 is 45.5. The molecule has 0 aliphatic rings. The molecule has 0 aromatic heterocycles. The molecule has 23 heavy (non-hydrogen) atoms. The van der Waals surface area contributed by atoms with E-state index in [9.17, 15) is 12.8 Å². The minimum Gasteiger partial charge on any atom is -0.496 e. The van der Waals surface area contributed by atoms with E-state index < -0.39 is 10.0 Å². The van der Waals surface area contributed by atoms with Crippen molar-refractivity contribution in [1.29, 1.82) is 0 Å². The van der Waals surface area contributed by atoms with E-state index in [2.05, 4.69) is 4.72 Å². The molecule has 2 aromatic rings. The summed E-state index contributed by atoms with van der Waals surface area (Å²) in [5.41, 5.74) is 2.34. The molecule has 4 nitrogen and oxygen atoms in total. The van der Waals surface area contributed by atoms with Crippen molar-refractivity contribution in [1.82, 2.24) is 4.72 Å². The molecule has 0 saturated heterocycles. The summed E-state index contributed by atoms with van der Waals surface area (Å²) >= 11 is 0. The second-order valence-corrected chi connectivity index (χ2v) is 7.03. The zero-order chi connectivity index (χ0) is 17.0. The van der Waals surface area contributed by atoms with Gasteiger partial charge >= 0.3 is 0 Å². The van der Waals surface area contributed by atoms with Crippen molar-refractivity contribution < 1.29 is 17.5 Å². The standard InChI is InChI=1S/C17H20FNO3S/c1-12-13(2)17(9-8-16(12)22-3)23(20,21)19-11-10-14-4-6-15(18)7-5-14/h4-9,19H,10-11H2,1-3H3. The van der Waals surface area contributed by atoms with Crippen molar-refractivity contribution >= 4 is 10.0 Å². The molecule has 0 amide bonds. The van der Waals surface area contributed by atoms with Gasteiger partial charge in [0.15, 0.2) is 0 Å². The molecule has 0 bridgehead atoms. The number of methoxy groups -OCH3 is 1. The number of hydrogen-bond acceptors (Lipinski definition) is 3. The van der Waals surface area contributed by atoms with E-state index in [-0.39, 0.29) is 17.3 Å². The van der Waals surface area contributed by atoms with Crippen molar-refractivity contribution in [2.45, 2.75) is 25.2 Å². The molecule has 0 aliphatic heterocycles. The Morgan fingerprint density at radius 3 is 2.30 bits per heavy atom. The maximum Gasteiger partial charge on any atom is 0.240 e. The van der Waals surface area contributed by atoms with Crippen molar-refractivity contribution in [3.05, 3.63) is 58.9 Å². The number of sulfonamides is 1. The lowest BCUT2D eigenvalue weighted by atomic mass is 10.1. The molecular weight excluding hydrogens is 317 g/mol. The number of hydrogen-bond donors (Lipinski definition) is 1. The Balaban J connectivity index is 2.10. The summed E-state index contributed by atoms with van der Waals surface area (Å²) in [6.07, 6.45) is 0.494. The first kappa shape index (κ1) is 17.4. The first-order chi connectivity index (χ1) is 10.8. The van der Waals surface area contributed by atoms with E-state index in [1.165, 1.54) is 12.1 Å². The molecule has 0 saturated carbocycles. The van der Waals surface area contributed by atoms with Gasteiger partial charge in [0, 0.05) is 6.54 Å². The fraction of sp³-hybridized carbons (Fsp3) is 0.294. The molecule has 0 radical (unpaired) electrons. The molecule has 124 valence electrons. The van der Waals surface area contributed by atoms with Crippen LogP contribution in [0.25, 0.3) is 0 Å². The summed E-state index contributed by atoms with van der Waals surface area (Å²) in [5.74, 6) is 0.353. The molecule has 0 atom stereocenters. The Morgan fingerprint density at radius 1 is 1.04 bits per heavy atom. The highest BCUT2D eigenvalue weighted by Crippen LogP contribution is 2.26. The molecule has 1 N–H and O–H groups in total. The van der Waals surface area contributed by atoms with Gasteiger partial charge < -0.3 is 4.74 Å². The second-order valence-electron chi connectivity index (χ2n) is 5.29. The molecule has 0 aliphatic carbocycles. The lowest BCUT2D eigenvalue weighted by Crippen LogP contribution is -2.26. The zero-order valence-corrected chi connectivity index (χ0v) is 14.2. The van der Waals surface area contributed by atoms with Gasteiger partial charge in [-0.3, -0.25) is 0 Å². The lowest BCUT2D eigenvalue weighted by molar-refractivity contribution is 0.410. The van der Waals surface area contributed by atoms with E-state index >= 15 is 0 Å². The van der Waals surface area contributed by atoms with Gasteiger partial charge in [-0.2, -0.15) is 0 Å². The van der Waals surface area contributed by atoms with E-state index in [1.54, 1.807) is 38.3 Å². The molecular formula is C17H20FNO3S. The van der Waals surface area contributed by atoms with Gasteiger partial charge in [0.2, 0.25) is 10.0 Å². The predicted octanol–water partition coefficient (Wildman–Crippen LogP) is 2.97. The monoisotopic (exact) mass is 337 g/mol. The van der Waals surface area contributed by atoms with Crippen LogP contribution in [-0.2, 0) is 16.4 Å². The molecule has 2 aromatic carbocycles. The van der Waals surface area contributed by atoms with Gasteiger partial charge in [0.25, 0.3) is 0 Å². The number of rotatable bonds is 6. The SMILES string of the molecule is COc1ccc(S(=O)(=O)NCCc2ccc(F)cc2)c(C)c1C. The Morgan fingerprint density at radius 2 is 1.70 bits per heavy atom. The summed E-state index contributed by atoms with van der Waals surface area (Å²) in [7, 11) is -2.04. The van der Waals surface area contributed by atoms with E-state index in [0.29, 0.717) is 17.7 Å². The zero-order valence-electron chi connectivity index (χ0n) is 13.4. The van der Waals surface area contributed by atoms with E-state index in [1.807, 2.05) is 6.92 Å². The van der Waals surface area contributed by atoms with Gasteiger partial charge in [-0.15, -0.1) is 0 Å². The van der Waals surface area contributed by atoms with Crippen LogP contribution in [-0.4, -0.2) is 22.1 Å². The third-order valence-corrected chi connectivity index (χ3v) is 5.42. The minimum atomic E-state index is -3.60. The first-order valence-corrected chi connectivity index (χ1v) is 8.72. The lowest BCUT2D eigenvalue weighted by Gasteiger charge is -2.13. The maximum atomic E-state index is 12.8. The van der Waals surface area contributed by atoms with Crippen LogP contribution < -0.4 is 9.46 Å². The van der Waals surface area contributed by atoms with Crippen molar-refractivity contribution in [3.8, 4) is 5.75 Å². The first-order valence-electron chi connectivity index (χ1n) is 7.23. The van der Waals surface area contributed by atoms with Crippen molar-refractivity contribution in [2.24, 2.45) is 0 Å². The highest BCUT2D eigenvalue weighted by Gasteiger charge is 2.18. The smallest absolute Gasteiger partial charge is 0.240 e. The van der Waals surface area contributed by atoms with Gasteiger partial charge in [0.1, 0.15) is 11.6 Å². The quantitative estimate of drug-likeness (QED) is 0.882. The van der Waals surface area contributed by atoms with Crippen LogP contribution in [0.4, 0.5) is 4.39 Å². The molecule has 0 heterocycles. The fourth-order valence-corrected chi connectivity index (χ4v) is 3.67. The Bertz CT molecular complexity index is 786. The topological polar surface area (TPSA) is 55.4 Å². The molecule has 0 unspecified atom stereocenters. The van der Waals surface area contributed by atoms with Crippen LogP contribution in [0.5, 0.6) is 5.75 Å². The molecule has 6 heteroatoms. The predicted molar refractivity (Wildman–Crippen MR) is 87.8 cm³/mol. The van der Waals surface area contributed by atoms with Crippen LogP contribution >= 0.6 is 0 Å². The summed E-state index contributed by atoms with van der Waals surface area (Å²) in [6, 6.07) is 9.21. The molecule has 0 fully saturated rings. The molecule has 0 spiro atoms. The highest BCUT2D eigenvalue weighted by molar-refractivity contribution is 7.89. The second kappa shape index (κ2) is 7.10. The van der Waals surface area contributed by atoms with Crippen molar-refractivity contribution in [2.75, 3.05) is 13.7 Å². The third-order valence-electron chi connectivity index (χ3n) is 3.82. The fourth-order valence-electron chi connectivity index (χ4n) is 2.34. The Kier molecular flexibility index (Phi) is 5.38. The van der Waals surface area contributed by atoms with Gasteiger partial charge in [-0.05, 0) is 61.2 Å². The van der Waals surface area contributed by atoms with Crippen LogP contribution in [0, 0.1) is 19.7 Å². The number of nitrogens with one attached hydrogen (secondary N) is 1. The average molecular weight is 337 g/mol. The van der Waals surface area contributed by atoms with Crippen LogP contribution in [0.15, 0.2) is 41.3 Å². The van der Waals surface area contributed by atoms with Crippen LogP contribution in [0.3, 0.4) is 0 Å². The number of benzene rings is 2. The van der Waals surface area contributed by atoms with Gasteiger partial charge in [-0.1, -0.05) is 12.1 Å². The summed E-state index contributed by atoms with van der Waals surface area (Å²) in [6.45, 7) is 3.83. The highest BCUT2D eigenvalue weighted by atomic mass is 32.2. The van der Waals surface area contributed by atoms with Crippen molar-refractivity contribution in [3.63, 3.8) is 0 Å². The third kappa shape index (κ3) is 4.09. The summed E-state index contributed by atoms with van der Waals surface area (Å²) in [4.78, 5) is 0.245. The summed E-state index contributed by atoms with van der Waals surface area (Å²) in [5, 5.41) is 0. The van der Waals surface area contributed by atoms with Gasteiger partial charge in [-0.25, -0.2) is 17.5 Å². The van der Waals surface area contributed by atoms with Crippen LogP contribution in [0.2, 0.25) is 0 Å². The number of halogens is 1. The van der Waals surface area contributed by atoms with Gasteiger partial charge in [0.05, 0.1) is 12.0 Å². The normalized spacial score (nSPS) is 11.5. The Labute approximate surface area is 136 Å². The number of ether oxygens (including phenoxy) is 1. The van der Waals surface area contributed by atoms with E-state index in [4.69, 9.17) is 4.74 Å². The average Bonchev–Trinajstić information content (AvgIpc) is 2.51. The minimum absolute atomic E-state index is 0.245. The largest absolute Gasteiger partial charge is 0.496 e. The van der Waals surface area contributed by atoms with Crippen LogP contribution in [0.1, 0.15) is 16.7 Å². The maximum absolute atomic E-state index is 12.8. The van der Waals surface area contributed by atoms with E-state index in [0.717, 1.165) is 11.1 Å². The Hall–Kier alpha value is -1.92. The molecule has 2 rings (SSSR count).